The molecule has 0 bridgehead atoms. The Kier molecular flexibility index (Phi) is 4.43. The molecule has 1 aromatic carbocycles. The lowest BCUT2D eigenvalue weighted by atomic mass is 10.2. The summed E-state index contributed by atoms with van der Waals surface area (Å²) in [6, 6.07) is 6.91. The van der Waals surface area contributed by atoms with Gasteiger partial charge in [-0.3, -0.25) is 4.79 Å². The summed E-state index contributed by atoms with van der Waals surface area (Å²) in [7, 11) is -2.18. The molecule has 1 N–H and O–H groups in total. The van der Waals surface area contributed by atoms with E-state index >= 15 is 0 Å². The van der Waals surface area contributed by atoms with Crippen LogP contribution in [0, 0.1) is 13.8 Å². The number of aromatic nitrogens is 1. The maximum Gasteiger partial charge on any atom is 0.275 e. The zero-order valence-corrected chi connectivity index (χ0v) is 14.0. The first-order valence-electron chi connectivity index (χ1n) is 6.27. The van der Waals surface area contributed by atoms with Gasteiger partial charge in [0.05, 0.1) is 10.7 Å². The van der Waals surface area contributed by atoms with Crippen molar-refractivity contribution in [3.8, 4) is 0 Å². The third-order valence-corrected chi connectivity index (χ3v) is 4.11. The van der Waals surface area contributed by atoms with E-state index in [0.29, 0.717) is 17.1 Å². The van der Waals surface area contributed by atoms with Crippen LogP contribution in [0.3, 0.4) is 0 Å². The molecule has 0 aliphatic carbocycles. The van der Waals surface area contributed by atoms with Crippen LogP contribution >= 0.6 is 11.3 Å². The molecule has 1 amide bonds. The van der Waals surface area contributed by atoms with Gasteiger partial charge in [0.1, 0.15) is 5.69 Å². The fourth-order valence-corrected chi connectivity index (χ4v) is 3.23. The van der Waals surface area contributed by atoms with Gasteiger partial charge in [0, 0.05) is 32.8 Å². The molecule has 1 heterocycles. The molecule has 0 saturated carbocycles. The smallest absolute Gasteiger partial charge is 0.275 e. The van der Waals surface area contributed by atoms with Gasteiger partial charge in [-0.1, -0.05) is 0 Å². The van der Waals surface area contributed by atoms with Crippen molar-refractivity contribution in [3.05, 3.63) is 39.8 Å². The van der Waals surface area contributed by atoms with Gasteiger partial charge in [0.2, 0.25) is 0 Å². The van der Waals surface area contributed by atoms with E-state index in [1.54, 1.807) is 36.8 Å². The first-order valence-corrected chi connectivity index (χ1v) is 9.42. The van der Waals surface area contributed by atoms with Gasteiger partial charge in [-0.15, -0.1) is 11.3 Å². The maximum atomic E-state index is 12.1. The molecular weight excluding hydrogens is 306 g/mol. The Balaban J connectivity index is 2.16. The Morgan fingerprint density at radius 3 is 2.33 bits per heavy atom. The number of benzene rings is 1. The Bertz CT molecular complexity index is 777. The summed E-state index contributed by atoms with van der Waals surface area (Å²) in [6.45, 7) is 3.75. The Hall–Kier alpha value is -1.73. The van der Waals surface area contributed by atoms with Crippen molar-refractivity contribution < 1.29 is 9.00 Å². The fraction of sp³-hybridized carbons (Fsp3) is 0.286. The summed E-state index contributed by atoms with van der Waals surface area (Å²) >= 11 is 1.50. The summed E-state index contributed by atoms with van der Waals surface area (Å²) in [5.41, 5.74) is 1.74. The summed E-state index contributed by atoms with van der Waals surface area (Å²) in [5, 5.41) is 3.66. The van der Waals surface area contributed by atoms with Crippen LogP contribution in [0.15, 0.2) is 28.6 Å². The quantitative estimate of drug-likeness (QED) is 0.941. The van der Waals surface area contributed by atoms with E-state index < -0.39 is 9.73 Å². The molecule has 2 rings (SSSR count). The lowest BCUT2D eigenvalue weighted by Gasteiger charge is -2.04. The van der Waals surface area contributed by atoms with Crippen molar-refractivity contribution in [1.82, 2.24) is 4.98 Å². The number of hydrogen-bond donors (Lipinski definition) is 1. The second kappa shape index (κ2) is 5.95. The highest BCUT2D eigenvalue weighted by Crippen LogP contribution is 2.20. The monoisotopic (exact) mass is 323 g/mol. The molecule has 0 aliphatic rings. The van der Waals surface area contributed by atoms with Crippen LogP contribution in [0.1, 0.15) is 20.4 Å². The standard InChI is InChI=1S/C14H17N3O2S2/c1-9-13(15-10(2)20-9)14(18)16-11-5-7-12(8-6-11)17-21(3,4)19/h5-8H,1-4H3,(H,16,18). The lowest BCUT2D eigenvalue weighted by Crippen LogP contribution is -2.13. The predicted octanol–water partition coefficient (Wildman–Crippen LogP) is 3.37. The lowest BCUT2D eigenvalue weighted by molar-refractivity contribution is 0.102. The van der Waals surface area contributed by atoms with Crippen molar-refractivity contribution in [2.45, 2.75) is 13.8 Å². The second-order valence-corrected chi connectivity index (χ2v) is 8.86. The molecule has 5 nitrogen and oxygen atoms in total. The number of aryl methyl sites for hydroxylation is 2. The van der Waals surface area contributed by atoms with Crippen LogP contribution in [-0.4, -0.2) is 27.6 Å². The number of carbonyl (C=O) groups excluding carboxylic acids is 1. The van der Waals surface area contributed by atoms with Gasteiger partial charge >= 0.3 is 0 Å². The highest BCUT2D eigenvalue weighted by atomic mass is 32.2. The summed E-state index contributed by atoms with van der Waals surface area (Å²) < 4.78 is 15.7. The van der Waals surface area contributed by atoms with Crippen LogP contribution in [0.25, 0.3) is 0 Å². The van der Waals surface area contributed by atoms with Crippen LogP contribution in [0.5, 0.6) is 0 Å². The van der Waals surface area contributed by atoms with E-state index in [1.165, 1.54) is 11.3 Å². The van der Waals surface area contributed by atoms with E-state index in [-0.39, 0.29) is 5.91 Å². The highest BCUT2D eigenvalue weighted by molar-refractivity contribution is 7.92. The SMILES string of the molecule is Cc1nc(C(=O)Nc2ccc(N=S(C)(C)=O)cc2)c(C)s1. The molecule has 0 atom stereocenters. The van der Waals surface area contributed by atoms with Crippen LogP contribution in [-0.2, 0) is 9.73 Å². The molecule has 1 aromatic heterocycles. The van der Waals surface area contributed by atoms with Crippen molar-refractivity contribution >= 4 is 38.3 Å². The number of nitrogens with one attached hydrogen (secondary N) is 1. The van der Waals surface area contributed by atoms with Crippen molar-refractivity contribution in [2.75, 3.05) is 17.8 Å². The topological polar surface area (TPSA) is 71.4 Å². The molecule has 0 aliphatic heterocycles. The average molecular weight is 323 g/mol. The first kappa shape index (κ1) is 15.7. The average Bonchev–Trinajstić information content (AvgIpc) is 2.69. The number of thiazole rings is 1. The van der Waals surface area contributed by atoms with Crippen molar-refractivity contribution in [2.24, 2.45) is 4.36 Å². The molecule has 7 heteroatoms. The van der Waals surface area contributed by atoms with Gasteiger partial charge < -0.3 is 5.32 Å². The normalized spacial score (nSPS) is 11.2. The molecule has 2 aromatic rings. The van der Waals surface area contributed by atoms with Gasteiger partial charge in [0.15, 0.2) is 0 Å². The number of rotatable bonds is 3. The minimum atomic E-state index is -2.18. The van der Waals surface area contributed by atoms with Crippen LogP contribution < -0.4 is 5.32 Å². The minimum absolute atomic E-state index is 0.226. The van der Waals surface area contributed by atoms with E-state index in [0.717, 1.165) is 9.88 Å². The fourth-order valence-electron chi connectivity index (χ4n) is 1.79. The van der Waals surface area contributed by atoms with Gasteiger partial charge in [-0.2, -0.15) is 4.36 Å². The van der Waals surface area contributed by atoms with E-state index in [2.05, 4.69) is 14.7 Å². The van der Waals surface area contributed by atoms with E-state index in [4.69, 9.17) is 0 Å². The number of hydrogen-bond acceptors (Lipinski definition) is 5. The molecule has 112 valence electrons. The molecule has 0 saturated heterocycles. The summed E-state index contributed by atoms with van der Waals surface area (Å²) in [6.07, 6.45) is 3.16. The highest BCUT2D eigenvalue weighted by Gasteiger charge is 2.13. The third-order valence-electron chi connectivity index (χ3n) is 2.57. The molecule has 0 fully saturated rings. The Labute approximate surface area is 128 Å². The Morgan fingerprint density at radius 1 is 1.24 bits per heavy atom. The number of nitrogens with zero attached hydrogens (tertiary/aromatic N) is 2. The van der Waals surface area contributed by atoms with Crippen LogP contribution in [0.4, 0.5) is 11.4 Å². The van der Waals surface area contributed by atoms with Crippen molar-refractivity contribution in [3.63, 3.8) is 0 Å². The van der Waals surface area contributed by atoms with Gasteiger partial charge in [0.25, 0.3) is 5.91 Å². The van der Waals surface area contributed by atoms with Gasteiger partial charge in [-0.05, 0) is 38.1 Å². The zero-order chi connectivity index (χ0) is 15.6. The molecule has 0 spiro atoms. The number of carbonyl (C=O) groups is 1. The number of amides is 1. The largest absolute Gasteiger partial charge is 0.321 e. The summed E-state index contributed by atoms with van der Waals surface area (Å²) in [4.78, 5) is 17.2. The van der Waals surface area contributed by atoms with Crippen LogP contribution in [0.2, 0.25) is 0 Å². The summed E-state index contributed by atoms with van der Waals surface area (Å²) in [5.74, 6) is -0.226. The van der Waals surface area contributed by atoms with E-state index in [1.807, 2.05) is 13.8 Å². The molecular formula is C14H17N3O2S2. The second-order valence-electron chi connectivity index (χ2n) is 4.91. The number of anilines is 1. The molecule has 0 radical (unpaired) electrons. The third kappa shape index (κ3) is 4.37. The van der Waals surface area contributed by atoms with E-state index in [9.17, 15) is 9.00 Å². The Morgan fingerprint density at radius 2 is 1.86 bits per heavy atom. The molecule has 0 unspecified atom stereocenters. The maximum absolute atomic E-state index is 12.1. The minimum Gasteiger partial charge on any atom is -0.321 e. The zero-order valence-electron chi connectivity index (χ0n) is 12.3. The predicted molar refractivity (Wildman–Crippen MR) is 88.1 cm³/mol. The first-order chi connectivity index (χ1) is 9.74. The molecule has 21 heavy (non-hydrogen) atoms. The van der Waals surface area contributed by atoms with Gasteiger partial charge in [-0.25, -0.2) is 9.19 Å². The van der Waals surface area contributed by atoms with Crippen molar-refractivity contribution in [1.29, 1.82) is 0 Å².